The van der Waals surface area contributed by atoms with Gasteiger partial charge in [-0.25, -0.2) is 24.0 Å². The Labute approximate surface area is 231 Å². The van der Waals surface area contributed by atoms with Gasteiger partial charge in [-0.15, -0.1) is 0 Å². The summed E-state index contributed by atoms with van der Waals surface area (Å²) in [6.45, 7) is 6.00. The van der Waals surface area contributed by atoms with Crippen LogP contribution in [-0.2, 0) is 47.7 Å². The zero-order chi connectivity index (χ0) is 29.5. The van der Waals surface area contributed by atoms with Crippen molar-refractivity contribution in [3.8, 4) is 0 Å². The monoisotopic (exact) mass is 564 g/mol. The molecule has 0 aromatic heterocycles. The Balaban J connectivity index is 1.83. The number of hydrogen-bond acceptors (Lipinski definition) is 10. The predicted octanol–water partition coefficient (Wildman–Crippen LogP) is 2.07. The van der Waals surface area contributed by atoms with Crippen LogP contribution in [0.25, 0.3) is 0 Å². The second-order valence-corrected chi connectivity index (χ2v) is 10.8. The highest BCUT2D eigenvalue weighted by atomic mass is 16.6. The molecule has 0 saturated heterocycles. The summed E-state index contributed by atoms with van der Waals surface area (Å²) in [6.07, 6.45) is 7.14. The lowest BCUT2D eigenvalue weighted by Gasteiger charge is -2.59. The Kier molecular flexibility index (Phi) is 10.3. The van der Waals surface area contributed by atoms with E-state index in [1.165, 1.54) is 0 Å². The van der Waals surface area contributed by atoms with Crippen LogP contribution in [0.4, 0.5) is 0 Å². The maximum atomic E-state index is 12.6. The molecule has 0 bridgehead atoms. The molecule has 220 valence electrons. The number of ether oxygens (including phenoxy) is 5. The lowest BCUT2D eigenvalue weighted by molar-refractivity contribution is -0.195. The molecule has 2 aliphatic carbocycles. The van der Waals surface area contributed by atoms with Crippen LogP contribution in [0.3, 0.4) is 0 Å². The third kappa shape index (κ3) is 7.36. The molecule has 0 radical (unpaired) electrons. The van der Waals surface area contributed by atoms with E-state index in [0.717, 1.165) is 5.57 Å². The normalized spacial score (nSPS) is 29.9. The fraction of sp³-hybridized carbons (Fsp3) is 0.607. The number of hydrogen-bond donors (Lipinski definition) is 2. The smallest absolute Gasteiger partial charge is 0.338 e. The van der Waals surface area contributed by atoms with E-state index < -0.39 is 67.2 Å². The molecule has 3 rings (SSSR count). The van der Waals surface area contributed by atoms with Crippen LogP contribution in [0.1, 0.15) is 39.5 Å². The molecule has 0 spiro atoms. The van der Waals surface area contributed by atoms with E-state index in [2.05, 4.69) is 13.5 Å². The molecule has 3 aliphatic rings. The SMILES string of the molecule is C=C1CCC2[C@](C)(COC(=O)COCC(=O)O)[C@H](OC(=O)COCC(=O)O)CC[C@@]2(C)[C@@H]1/C=C/C1=CCOC1=O. The zero-order valence-corrected chi connectivity index (χ0v) is 22.7. The van der Waals surface area contributed by atoms with Crippen molar-refractivity contribution < 1.29 is 57.9 Å². The number of cyclic esters (lactones) is 1. The van der Waals surface area contributed by atoms with Crippen LogP contribution >= 0.6 is 0 Å². The Morgan fingerprint density at radius 3 is 2.30 bits per heavy atom. The van der Waals surface area contributed by atoms with E-state index in [-0.39, 0.29) is 31.0 Å². The summed E-state index contributed by atoms with van der Waals surface area (Å²) < 4.78 is 26.0. The number of allylic oxidation sites excluding steroid dienone is 2. The van der Waals surface area contributed by atoms with E-state index in [4.69, 9.17) is 33.9 Å². The van der Waals surface area contributed by atoms with Gasteiger partial charge in [0.05, 0.1) is 5.57 Å². The molecule has 12 nitrogen and oxygen atoms in total. The highest BCUT2D eigenvalue weighted by Crippen LogP contribution is 2.62. The first-order chi connectivity index (χ1) is 18.9. The first-order valence-electron chi connectivity index (χ1n) is 13.0. The summed E-state index contributed by atoms with van der Waals surface area (Å²) in [5.41, 5.74) is 0.218. The van der Waals surface area contributed by atoms with Crippen molar-refractivity contribution in [2.24, 2.45) is 22.7 Å². The lowest BCUT2D eigenvalue weighted by atomic mass is 9.46. The molecule has 0 aromatic carbocycles. The summed E-state index contributed by atoms with van der Waals surface area (Å²) in [5, 5.41) is 17.5. The van der Waals surface area contributed by atoms with Gasteiger partial charge in [0.15, 0.2) is 0 Å². The van der Waals surface area contributed by atoms with E-state index in [0.29, 0.717) is 31.3 Å². The quantitative estimate of drug-likeness (QED) is 0.190. The second kappa shape index (κ2) is 13.2. The summed E-state index contributed by atoms with van der Waals surface area (Å²) in [7, 11) is 0. The van der Waals surface area contributed by atoms with Gasteiger partial charge in [-0.05, 0) is 43.1 Å². The van der Waals surface area contributed by atoms with Crippen LogP contribution in [0.5, 0.6) is 0 Å². The third-order valence-corrected chi connectivity index (χ3v) is 8.11. The minimum atomic E-state index is -1.22. The zero-order valence-electron chi connectivity index (χ0n) is 22.7. The molecule has 12 heteroatoms. The molecule has 5 atom stereocenters. The van der Waals surface area contributed by atoms with Crippen molar-refractivity contribution in [1.82, 2.24) is 0 Å². The van der Waals surface area contributed by atoms with Gasteiger partial charge >= 0.3 is 29.8 Å². The van der Waals surface area contributed by atoms with Crippen LogP contribution in [0.2, 0.25) is 0 Å². The standard InChI is InChI=1S/C28H36O12/c1-17-4-7-20-27(2,19(17)6-5-18-9-11-38-26(18)35)10-8-21(40-25(34)15-37-13-23(31)32)28(20,3)16-39-24(33)14-36-12-22(29)30/h5-6,9,19-21H,1,4,7-8,10-16H2,2-3H3,(H,29,30)(H,31,32)/b6-5+/t19-,20?,21-,27+,28+/m1/s1. The van der Waals surface area contributed by atoms with Crippen molar-refractivity contribution in [2.75, 3.05) is 39.6 Å². The summed E-state index contributed by atoms with van der Waals surface area (Å²) in [5.74, 6) is -4.56. The number of carboxylic acid groups (broad SMARTS) is 2. The molecule has 40 heavy (non-hydrogen) atoms. The lowest BCUT2D eigenvalue weighted by Crippen LogP contribution is -2.58. The van der Waals surface area contributed by atoms with E-state index in [1.807, 2.05) is 13.0 Å². The Bertz CT molecular complexity index is 1090. The summed E-state index contributed by atoms with van der Waals surface area (Å²) in [6, 6.07) is 0. The average Bonchev–Trinajstić information content (AvgIpc) is 3.28. The molecule has 2 fully saturated rings. The summed E-state index contributed by atoms with van der Waals surface area (Å²) in [4.78, 5) is 58.3. The van der Waals surface area contributed by atoms with Crippen LogP contribution in [0, 0.1) is 22.7 Å². The van der Waals surface area contributed by atoms with Crippen molar-refractivity contribution in [2.45, 2.75) is 45.6 Å². The topological polar surface area (TPSA) is 172 Å². The van der Waals surface area contributed by atoms with E-state index in [9.17, 15) is 24.0 Å². The average molecular weight is 565 g/mol. The molecule has 1 aliphatic heterocycles. The third-order valence-electron chi connectivity index (χ3n) is 8.11. The van der Waals surface area contributed by atoms with Gasteiger partial charge in [-0.3, -0.25) is 0 Å². The highest BCUT2D eigenvalue weighted by molar-refractivity contribution is 5.93. The molecule has 1 unspecified atom stereocenters. The summed E-state index contributed by atoms with van der Waals surface area (Å²) >= 11 is 0. The van der Waals surface area contributed by atoms with Crippen LogP contribution in [0.15, 0.2) is 36.0 Å². The number of esters is 3. The van der Waals surface area contributed by atoms with Gasteiger partial charge < -0.3 is 33.9 Å². The number of carbonyl (C=O) groups excluding carboxylic acids is 3. The van der Waals surface area contributed by atoms with Crippen molar-refractivity contribution in [1.29, 1.82) is 0 Å². The maximum Gasteiger partial charge on any atom is 0.338 e. The highest BCUT2D eigenvalue weighted by Gasteiger charge is 2.59. The number of aliphatic carboxylic acids is 2. The Hall–Kier alpha value is -3.51. The first kappa shape index (κ1) is 31.0. The first-order valence-corrected chi connectivity index (χ1v) is 13.0. The fourth-order valence-electron chi connectivity index (χ4n) is 6.27. The van der Waals surface area contributed by atoms with Crippen molar-refractivity contribution >= 4 is 29.8 Å². The van der Waals surface area contributed by atoms with E-state index in [1.54, 1.807) is 12.2 Å². The number of fused-ring (bicyclic) bond motifs is 1. The Morgan fingerprint density at radius 1 is 1.05 bits per heavy atom. The van der Waals surface area contributed by atoms with E-state index >= 15 is 0 Å². The molecule has 2 saturated carbocycles. The molecule has 2 N–H and O–H groups in total. The van der Waals surface area contributed by atoms with Gasteiger partial charge in [0, 0.05) is 11.3 Å². The largest absolute Gasteiger partial charge is 0.480 e. The molecular weight excluding hydrogens is 528 g/mol. The fourth-order valence-corrected chi connectivity index (χ4v) is 6.27. The van der Waals surface area contributed by atoms with Gasteiger partial charge in [-0.2, -0.15) is 0 Å². The maximum absolute atomic E-state index is 12.6. The molecule has 0 aromatic rings. The minimum absolute atomic E-state index is 0.120. The van der Waals surface area contributed by atoms with Crippen molar-refractivity contribution in [3.63, 3.8) is 0 Å². The van der Waals surface area contributed by atoms with Crippen LogP contribution in [-0.4, -0.2) is 85.8 Å². The van der Waals surface area contributed by atoms with Crippen molar-refractivity contribution in [3.05, 3.63) is 36.0 Å². The second-order valence-electron chi connectivity index (χ2n) is 10.8. The van der Waals surface area contributed by atoms with Gasteiger partial charge in [0.25, 0.3) is 0 Å². The Morgan fingerprint density at radius 2 is 1.70 bits per heavy atom. The molecule has 0 amide bonds. The van der Waals surface area contributed by atoms with Gasteiger partial charge in [-0.1, -0.05) is 38.2 Å². The minimum Gasteiger partial charge on any atom is -0.480 e. The van der Waals surface area contributed by atoms with Gasteiger partial charge in [0.2, 0.25) is 0 Å². The molecular formula is C28H36O12. The van der Waals surface area contributed by atoms with Crippen LogP contribution < -0.4 is 0 Å². The number of carbonyl (C=O) groups is 5. The molecule has 1 heterocycles. The number of carboxylic acids is 2. The number of rotatable bonds is 13. The predicted molar refractivity (Wildman–Crippen MR) is 137 cm³/mol. The van der Waals surface area contributed by atoms with Gasteiger partial charge in [0.1, 0.15) is 45.7 Å².